The summed E-state index contributed by atoms with van der Waals surface area (Å²) < 4.78 is 46.9. The quantitative estimate of drug-likeness (QED) is 0.329. The zero-order valence-electron chi connectivity index (χ0n) is 20.7. The van der Waals surface area contributed by atoms with E-state index in [0.717, 1.165) is 35.8 Å². The number of hydrogen-bond acceptors (Lipinski definition) is 9. The summed E-state index contributed by atoms with van der Waals surface area (Å²) in [6, 6.07) is 5.36. The molecule has 3 aromatic rings. The number of halogens is 2. The van der Waals surface area contributed by atoms with Crippen molar-refractivity contribution in [3.8, 4) is 5.75 Å². The first-order chi connectivity index (χ1) is 18.9. The van der Waals surface area contributed by atoms with Gasteiger partial charge in [0.2, 0.25) is 18.0 Å². The Balaban J connectivity index is 1.56. The molecule has 0 bridgehead atoms. The Labute approximate surface area is 229 Å². The zero-order valence-corrected chi connectivity index (χ0v) is 22.4. The standard InChI is InChI=1S/C26H23F2N3O6S2/c1-35-26(34)37-13-36-23-18(32)7-10-30-22(23)24(33)29-9-3-2-4-19(29)31(30)21-14-5-6-17(27)20(28)16(14)12-39-25-15(21)8-11-38-25/h5-8,10-11,19,21H,2-4,9,12-13H2,1H3. The summed E-state index contributed by atoms with van der Waals surface area (Å²) >= 11 is 2.96. The van der Waals surface area contributed by atoms with Crippen LogP contribution in [0.25, 0.3) is 0 Å². The molecule has 3 aliphatic heterocycles. The minimum absolute atomic E-state index is 0.0353. The van der Waals surface area contributed by atoms with Gasteiger partial charge in [-0.15, -0.1) is 23.1 Å². The number of methoxy groups -OCH3 is 1. The largest absolute Gasteiger partial charge is 0.510 e. The van der Waals surface area contributed by atoms with Crippen LogP contribution in [0.15, 0.2) is 44.8 Å². The van der Waals surface area contributed by atoms with Crippen molar-refractivity contribution in [2.75, 3.05) is 25.5 Å². The van der Waals surface area contributed by atoms with Gasteiger partial charge in [0.05, 0.1) is 11.3 Å². The van der Waals surface area contributed by atoms with Gasteiger partial charge in [-0.05, 0) is 42.3 Å². The summed E-state index contributed by atoms with van der Waals surface area (Å²) in [5, 5.41) is 3.91. The minimum atomic E-state index is -1.00. The van der Waals surface area contributed by atoms with Crippen LogP contribution in [-0.4, -0.2) is 48.3 Å². The molecular weight excluding hydrogens is 552 g/mol. The number of rotatable bonds is 4. The molecule has 5 heterocycles. The fourth-order valence-corrected chi connectivity index (χ4v) is 7.64. The van der Waals surface area contributed by atoms with Crippen molar-refractivity contribution in [2.45, 2.75) is 41.4 Å². The second-order valence-corrected chi connectivity index (χ2v) is 11.4. The van der Waals surface area contributed by atoms with Gasteiger partial charge >= 0.3 is 6.16 Å². The maximum Gasteiger partial charge on any atom is 0.510 e. The Morgan fingerprint density at radius 1 is 1.13 bits per heavy atom. The lowest BCUT2D eigenvalue weighted by Gasteiger charge is -2.51. The lowest BCUT2D eigenvalue weighted by molar-refractivity contribution is 0.0126. The fourth-order valence-electron chi connectivity index (χ4n) is 5.46. The number of aromatic nitrogens is 1. The molecule has 2 unspecified atom stereocenters. The van der Waals surface area contributed by atoms with Crippen LogP contribution in [0.1, 0.15) is 52.5 Å². The molecule has 3 aliphatic rings. The monoisotopic (exact) mass is 575 g/mol. The minimum Gasteiger partial charge on any atom is -0.451 e. The van der Waals surface area contributed by atoms with Crippen molar-refractivity contribution in [1.82, 2.24) is 9.58 Å². The number of hydrogen-bond donors (Lipinski definition) is 0. The molecule has 0 radical (unpaired) electrons. The molecule has 1 amide bonds. The van der Waals surface area contributed by atoms with Crippen LogP contribution in [0.3, 0.4) is 0 Å². The van der Waals surface area contributed by atoms with Crippen molar-refractivity contribution in [2.24, 2.45) is 0 Å². The van der Waals surface area contributed by atoms with Crippen molar-refractivity contribution in [3.63, 3.8) is 0 Å². The fraction of sp³-hybridized carbons (Fsp3) is 0.346. The highest BCUT2D eigenvalue weighted by molar-refractivity contribution is 8.00. The number of thiophene rings is 1. The van der Waals surface area contributed by atoms with Crippen LogP contribution >= 0.6 is 23.1 Å². The number of ether oxygens (including phenoxy) is 3. The topological polar surface area (TPSA) is 90.3 Å². The molecule has 0 N–H and O–H groups in total. The highest BCUT2D eigenvalue weighted by Crippen LogP contribution is 2.47. The van der Waals surface area contributed by atoms with E-state index in [0.29, 0.717) is 18.5 Å². The molecule has 204 valence electrons. The van der Waals surface area contributed by atoms with Gasteiger partial charge in [0.25, 0.3) is 5.91 Å². The number of benzene rings is 1. The van der Waals surface area contributed by atoms with Gasteiger partial charge in [0.15, 0.2) is 17.3 Å². The van der Waals surface area contributed by atoms with Crippen molar-refractivity contribution >= 4 is 35.2 Å². The predicted molar refractivity (Wildman–Crippen MR) is 139 cm³/mol. The Kier molecular flexibility index (Phi) is 6.71. The normalized spacial score (nSPS) is 19.8. The summed E-state index contributed by atoms with van der Waals surface area (Å²) in [5.41, 5.74) is 1.14. The van der Waals surface area contributed by atoms with E-state index in [9.17, 15) is 18.8 Å². The van der Waals surface area contributed by atoms with Gasteiger partial charge < -0.3 is 19.1 Å². The third-order valence-corrected chi connectivity index (χ3v) is 9.46. The molecule has 1 saturated heterocycles. The molecule has 1 fully saturated rings. The second-order valence-electron chi connectivity index (χ2n) is 9.20. The molecule has 2 aromatic heterocycles. The van der Waals surface area contributed by atoms with Gasteiger partial charge in [0.1, 0.15) is 12.2 Å². The molecular formula is C26H23F2N3O6S2. The van der Waals surface area contributed by atoms with E-state index in [-0.39, 0.29) is 22.8 Å². The van der Waals surface area contributed by atoms with Crippen LogP contribution in [0.2, 0.25) is 0 Å². The maximum atomic E-state index is 15.2. The Morgan fingerprint density at radius 2 is 1.97 bits per heavy atom. The van der Waals surface area contributed by atoms with Gasteiger partial charge in [-0.2, -0.15) is 0 Å². The first-order valence-corrected chi connectivity index (χ1v) is 14.1. The number of piperidine rings is 1. The van der Waals surface area contributed by atoms with Crippen molar-refractivity contribution in [3.05, 3.63) is 80.1 Å². The summed E-state index contributed by atoms with van der Waals surface area (Å²) in [6.07, 6.45) is 2.35. The number of pyridine rings is 1. The smallest absolute Gasteiger partial charge is 0.451 e. The van der Waals surface area contributed by atoms with E-state index in [1.54, 1.807) is 15.6 Å². The maximum absolute atomic E-state index is 15.2. The average Bonchev–Trinajstić information content (AvgIpc) is 3.35. The first kappa shape index (κ1) is 25.7. The van der Waals surface area contributed by atoms with Gasteiger partial charge in [-0.3, -0.25) is 19.3 Å². The highest BCUT2D eigenvalue weighted by atomic mass is 32.2. The number of fused-ring (bicyclic) bond motifs is 4. The van der Waals surface area contributed by atoms with Crippen LogP contribution in [0, 0.1) is 11.6 Å². The summed E-state index contributed by atoms with van der Waals surface area (Å²) in [6.45, 7) is -0.193. The average molecular weight is 576 g/mol. The van der Waals surface area contributed by atoms with Crippen LogP contribution in [-0.2, 0) is 15.2 Å². The number of nitrogens with zero attached hydrogens (tertiary/aromatic N) is 3. The molecule has 6 rings (SSSR count). The molecule has 2 atom stereocenters. The van der Waals surface area contributed by atoms with Gasteiger partial charge in [-0.1, -0.05) is 6.07 Å². The van der Waals surface area contributed by atoms with Gasteiger partial charge in [0, 0.05) is 35.7 Å². The lowest BCUT2D eigenvalue weighted by Crippen LogP contribution is -2.63. The zero-order chi connectivity index (χ0) is 27.3. The van der Waals surface area contributed by atoms with Gasteiger partial charge in [-0.25, -0.2) is 13.6 Å². The van der Waals surface area contributed by atoms with E-state index in [4.69, 9.17) is 9.47 Å². The molecule has 0 spiro atoms. The molecule has 1 aromatic carbocycles. The van der Waals surface area contributed by atoms with E-state index in [1.165, 1.54) is 35.4 Å². The van der Waals surface area contributed by atoms with E-state index >= 15 is 4.39 Å². The van der Waals surface area contributed by atoms with E-state index < -0.39 is 48.1 Å². The van der Waals surface area contributed by atoms with Crippen molar-refractivity contribution < 1.29 is 32.6 Å². The SMILES string of the molecule is COC(=O)OCOc1c2n(ccc1=O)N(C1c3ccsc3SCc3c1ccc(F)c3F)C1CCCCN1C2=O. The predicted octanol–water partition coefficient (Wildman–Crippen LogP) is 4.61. The van der Waals surface area contributed by atoms with Crippen molar-refractivity contribution in [1.29, 1.82) is 0 Å². The number of carbonyl (C=O) groups is 2. The third kappa shape index (κ3) is 4.24. The molecule has 9 nitrogen and oxygen atoms in total. The van der Waals surface area contributed by atoms with E-state index in [1.807, 2.05) is 16.5 Å². The second kappa shape index (κ2) is 10.2. The Hall–Kier alpha value is -3.58. The van der Waals surface area contributed by atoms with Crippen LogP contribution < -0.4 is 15.2 Å². The Morgan fingerprint density at radius 3 is 2.79 bits per heavy atom. The lowest BCUT2D eigenvalue weighted by atomic mass is 9.93. The van der Waals surface area contributed by atoms with Crippen LogP contribution in [0.5, 0.6) is 5.75 Å². The van der Waals surface area contributed by atoms with Crippen LogP contribution in [0.4, 0.5) is 13.6 Å². The van der Waals surface area contributed by atoms with E-state index in [2.05, 4.69) is 4.74 Å². The molecule has 0 aliphatic carbocycles. The first-order valence-electron chi connectivity index (χ1n) is 12.3. The molecule has 39 heavy (non-hydrogen) atoms. The third-order valence-electron chi connectivity index (χ3n) is 7.16. The highest BCUT2D eigenvalue weighted by Gasteiger charge is 2.46. The molecule has 0 saturated carbocycles. The number of thioether (sulfide) groups is 1. The summed E-state index contributed by atoms with van der Waals surface area (Å²) in [5.74, 6) is -2.24. The summed E-state index contributed by atoms with van der Waals surface area (Å²) in [4.78, 5) is 39.9. The summed E-state index contributed by atoms with van der Waals surface area (Å²) in [7, 11) is 1.13. The number of carbonyl (C=O) groups excluding carboxylic acids is 2. The Bertz CT molecular complexity index is 1530. The molecule has 13 heteroatoms. The number of amides is 1.